The lowest BCUT2D eigenvalue weighted by atomic mass is 10.1. The minimum absolute atomic E-state index is 0.253. The van der Waals surface area contributed by atoms with Crippen LogP contribution in [0.1, 0.15) is 47.0 Å². The van der Waals surface area contributed by atoms with Crippen LogP contribution < -0.4 is 5.32 Å². The average Bonchev–Trinajstić information content (AvgIpc) is 2.58. The Bertz CT molecular complexity index is 475. The number of methoxy groups -OCH3 is 1. The predicted molar refractivity (Wildman–Crippen MR) is 102 cm³/mol. The van der Waals surface area contributed by atoms with E-state index in [4.69, 9.17) is 4.99 Å². The standard InChI is InChI=1S/C18H30N2O2S/c1-7-11-16(23-6)20-18(19-15(9-3)10-4)14(8-2)12-13-17(21)22-5/h8,11-13,15H,7,9-10H2,1-6H3,(H,19,20)/b13-12+,14-8-,16-11-. The van der Waals surface area contributed by atoms with Crippen LogP contribution >= 0.6 is 11.8 Å². The monoisotopic (exact) mass is 338 g/mol. The van der Waals surface area contributed by atoms with Gasteiger partial charge >= 0.3 is 5.97 Å². The van der Waals surface area contributed by atoms with E-state index in [9.17, 15) is 4.79 Å². The molecule has 0 aliphatic carbocycles. The number of aliphatic imine (C=N–C) groups is 1. The summed E-state index contributed by atoms with van der Waals surface area (Å²) in [6.45, 7) is 8.30. The Morgan fingerprint density at radius 1 is 1.26 bits per heavy atom. The highest BCUT2D eigenvalue weighted by atomic mass is 32.2. The molecule has 0 radical (unpaired) electrons. The molecule has 0 aromatic rings. The Hall–Kier alpha value is -1.49. The number of amidine groups is 1. The van der Waals surface area contributed by atoms with Crippen molar-refractivity contribution in [1.29, 1.82) is 0 Å². The van der Waals surface area contributed by atoms with Crippen molar-refractivity contribution in [3.63, 3.8) is 0 Å². The van der Waals surface area contributed by atoms with Crippen molar-refractivity contribution in [1.82, 2.24) is 5.32 Å². The van der Waals surface area contributed by atoms with Gasteiger partial charge in [0.05, 0.1) is 18.2 Å². The molecule has 0 atom stereocenters. The SMILES string of the molecule is C/C=C(/C=C/C(=O)OC)C(=NC(CC)CC)N/C(=C/CC)SC. The predicted octanol–water partition coefficient (Wildman–Crippen LogP) is 4.45. The Labute approximate surface area is 145 Å². The van der Waals surface area contributed by atoms with Gasteiger partial charge < -0.3 is 10.1 Å². The molecule has 130 valence electrons. The van der Waals surface area contributed by atoms with E-state index in [1.165, 1.54) is 13.2 Å². The molecule has 0 saturated carbocycles. The number of carbonyl (C=O) groups is 1. The first kappa shape index (κ1) is 21.5. The molecule has 4 nitrogen and oxygen atoms in total. The molecular formula is C18H30N2O2S. The van der Waals surface area contributed by atoms with E-state index < -0.39 is 0 Å². The molecule has 5 heteroatoms. The van der Waals surface area contributed by atoms with E-state index in [0.29, 0.717) is 0 Å². The van der Waals surface area contributed by atoms with Crippen molar-refractivity contribution in [3.05, 3.63) is 34.9 Å². The van der Waals surface area contributed by atoms with Gasteiger partial charge in [-0.05, 0) is 38.5 Å². The third-order valence-electron chi connectivity index (χ3n) is 3.29. The van der Waals surface area contributed by atoms with Gasteiger partial charge in [0.2, 0.25) is 0 Å². The van der Waals surface area contributed by atoms with E-state index in [0.717, 1.165) is 35.7 Å². The molecule has 0 fully saturated rings. The molecule has 23 heavy (non-hydrogen) atoms. The number of hydrogen-bond donors (Lipinski definition) is 1. The minimum Gasteiger partial charge on any atom is -0.466 e. The summed E-state index contributed by atoms with van der Waals surface area (Å²) in [4.78, 5) is 16.2. The third-order valence-corrected chi connectivity index (χ3v) is 4.00. The van der Waals surface area contributed by atoms with Gasteiger partial charge in [-0.3, -0.25) is 4.99 Å². The van der Waals surface area contributed by atoms with Crippen LogP contribution in [0.25, 0.3) is 0 Å². The number of thioether (sulfide) groups is 1. The van der Waals surface area contributed by atoms with Crippen LogP contribution in [-0.2, 0) is 9.53 Å². The average molecular weight is 339 g/mol. The number of allylic oxidation sites excluding steroid dienone is 2. The van der Waals surface area contributed by atoms with Gasteiger partial charge in [-0.25, -0.2) is 4.79 Å². The number of nitrogens with zero attached hydrogens (tertiary/aromatic N) is 1. The highest BCUT2D eigenvalue weighted by molar-refractivity contribution is 8.02. The fourth-order valence-electron chi connectivity index (χ4n) is 1.86. The van der Waals surface area contributed by atoms with E-state index in [2.05, 4.69) is 36.9 Å². The first-order valence-electron chi connectivity index (χ1n) is 8.07. The fraction of sp³-hybridized carbons (Fsp3) is 0.556. The number of ether oxygens (including phenoxy) is 1. The van der Waals surface area contributed by atoms with Crippen LogP contribution in [0.15, 0.2) is 39.9 Å². The summed E-state index contributed by atoms with van der Waals surface area (Å²) in [5.41, 5.74) is 0.873. The largest absolute Gasteiger partial charge is 0.466 e. The number of hydrogen-bond acceptors (Lipinski definition) is 4. The summed E-state index contributed by atoms with van der Waals surface area (Å²) in [6.07, 6.45) is 12.2. The van der Waals surface area contributed by atoms with Gasteiger partial charge in [0, 0.05) is 11.6 Å². The molecule has 0 rings (SSSR count). The topological polar surface area (TPSA) is 50.7 Å². The number of carbonyl (C=O) groups excluding carboxylic acids is 1. The summed E-state index contributed by atoms with van der Waals surface area (Å²) < 4.78 is 4.66. The van der Waals surface area contributed by atoms with Crippen LogP contribution in [0.3, 0.4) is 0 Å². The van der Waals surface area contributed by atoms with Crippen LogP contribution in [0.2, 0.25) is 0 Å². The maximum atomic E-state index is 11.4. The van der Waals surface area contributed by atoms with Crippen LogP contribution in [0.5, 0.6) is 0 Å². The first-order valence-corrected chi connectivity index (χ1v) is 9.30. The molecule has 0 aromatic carbocycles. The molecule has 0 saturated heterocycles. The second-order valence-electron chi connectivity index (χ2n) is 4.85. The Morgan fingerprint density at radius 3 is 2.35 bits per heavy atom. The molecular weight excluding hydrogens is 308 g/mol. The van der Waals surface area contributed by atoms with E-state index in [1.807, 2.05) is 19.3 Å². The van der Waals surface area contributed by atoms with Crippen molar-refractivity contribution in [2.24, 2.45) is 4.99 Å². The molecule has 0 unspecified atom stereocenters. The molecule has 0 aliphatic heterocycles. The summed E-state index contributed by atoms with van der Waals surface area (Å²) in [7, 11) is 1.37. The second-order valence-corrected chi connectivity index (χ2v) is 5.70. The zero-order valence-corrected chi connectivity index (χ0v) is 16.0. The van der Waals surface area contributed by atoms with Gasteiger partial charge in [0.25, 0.3) is 0 Å². The number of nitrogens with one attached hydrogen (secondary N) is 1. The first-order chi connectivity index (χ1) is 11.1. The molecule has 1 N–H and O–H groups in total. The van der Waals surface area contributed by atoms with Crippen molar-refractivity contribution in [2.75, 3.05) is 13.4 Å². The molecule has 0 heterocycles. The third kappa shape index (κ3) is 8.65. The van der Waals surface area contributed by atoms with Gasteiger partial charge in [-0.1, -0.05) is 32.9 Å². The van der Waals surface area contributed by atoms with Crippen molar-refractivity contribution >= 4 is 23.6 Å². The van der Waals surface area contributed by atoms with Crippen molar-refractivity contribution in [2.45, 2.75) is 53.0 Å². The maximum absolute atomic E-state index is 11.4. The van der Waals surface area contributed by atoms with Crippen LogP contribution in [0, 0.1) is 0 Å². The summed E-state index contributed by atoms with van der Waals surface area (Å²) in [5, 5.41) is 4.46. The van der Waals surface area contributed by atoms with Gasteiger partial charge in [-0.15, -0.1) is 11.8 Å². The molecule has 0 bridgehead atoms. The van der Waals surface area contributed by atoms with Crippen molar-refractivity contribution in [3.8, 4) is 0 Å². The zero-order valence-electron chi connectivity index (χ0n) is 15.2. The van der Waals surface area contributed by atoms with Gasteiger partial charge in [0.1, 0.15) is 5.84 Å². The van der Waals surface area contributed by atoms with E-state index in [-0.39, 0.29) is 12.0 Å². The van der Waals surface area contributed by atoms with Crippen LogP contribution in [-0.4, -0.2) is 31.2 Å². The quantitative estimate of drug-likeness (QED) is 0.222. The lowest BCUT2D eigenvalue weighted by molar-refractivity contribution is -0.134. The molecule has 0 amide bonds. The zero-order chi connectivity index (χ0) is 17.7. The minimum atomic E-state index is -0.375. The fourth-order valence-corrected chi connectivity index (χ4v) is 2.39. The highest BCUT2D eigenvalue weighted by Gasteiger charge is 2.10. The highest BCUT2D eigenvalue weighted by Crippen LogP contribution is 2.13. The Morgan fingerprint density at radius 2 is 1.91 bits per heavy atom. The van der Waals surface area contributed by atoms with Crippen molar-refractivity contribution < 1.29 is 9.53 Å². The summed E-state index contributed by atoms with van der Waals surface area (Å²) in [6, 6.07) is 0.253. The molecule has 0 spiro atoms. The molecule has 0 aromatic heterocycles. The van der Waals surface area contributed by atoms with Crippen LogP contribution in [0.4, 0.5) is 0 Å². The van der Waals surface area contributed by atoms with Gasteiger partial charge in [-0.2, -0.15) is 0 Å². The number of rotatable bonds is 9. The number of esters is 1. The smallest absolute Gasteiger partial charge is 0.330 e. The lowest BCUT2D eigenvalue weighted by Crippen LogP contribution is -2.25. The van der Waals surface area contributed by atoms with Gasteiger partial charge in [0.15, 0.2) is 0 Å². The summed E-state index contributed by atoms with van der Waals surface area (Å²) in [5.74, 6) is 0.413. The lowest BCUT2D eigenvalue weighted by Gasteiger charge is -2.16. The maximum Gasteiger partial charge on any atom is 0.330 e. The van der Waals surface area contributed by atoms with E-state index in [1.54, 1.807) is 17.8 Å². The second kappa shape index (κ2) is 13.0. The Kier molecular flexibility index (Phi) is 12.2. The van der Waals surface area contributed by atoms with E-state index >= 15 is 0 Å². The summed E-state index contributed by atoms with van der Waals surface area (Å²) >= 11 is 1.65. The molecule has 0 aliphatic rings. The normalized spacial score (nSPS) is 13.8. The Balaban J connectivity index is 5.59.